The lowest BCUT2D eigenvalue weighted by Gasteiger charge is -2.60. The molecule has 2 heterocycles. The van der Waals surface area contributed by atoms with E-state index in [-0.39, 0.29) is 46.9 Å². The molecule has 1 saturated carbocycles. The zero-order valence-corrected chi connectivity index (χ0v) is 20.8. The van der Waals surface area contributed by atoms with Crippen molar-refractivity contribution in [3.05, 3.63) is 34.9 Å². The van der Waals surface area contributed by atoms with Crippen LogP contribution in [0.5, 0.6) is 11.5 Å². The van der Waals surface area contributed by atoms with Crippen LogP contribution in [-0.4, -0.2) is 40.3 Å². The minimum absolute atomic E-state index is 0.0118. The van der Waals surface area contributed by atoms with Gasteiger partial charge in [-0.05, 0) is 37.7 Å². The van der Waals surface area contributed by atoms with Crippen LogP contribution in [0.3, 0.4) is 0 Å². The van der Waals surface area contributed by atoms with E-state index < -0.39 is 40.6 Å². The Morgan fingerprint density at radius 3 is 2.46 bits per heavy atom. The van der Waals surface area contributed by atoms with E-state index in [1.165, 1.54) is 13.0 Å². The summed E-state index contributed by atoms with van der Waals surface area (Å²) in [5, 5.41) is 10.7. The summed E-state index contributed by atoms with van der Waals surface area (Å²) in [5.74, 6) is -2.05. The molecule has 1 aromatic carbocycles. The largest absolute Gasteiger partial charge is 0.507 e. The van der Waals surface area contributed by atoms with Gasteiger partial charge in [-0.15, -0.1) is 0 Å². The minimum Gasteiger partial charge on any atom is -0.507 e. The highest BCUT2D eigenvalue weighted by atomic mass is 16.6. The maximum atomic E-state index is 13.6. The molecule has 2 aliphatic heterocycles. The van der Waals surface area contributed by atoms with E-state index >= 15 is 0 Å². The van der Waals surface area contributed by atoms with Crippen LogP contribution in [0, 0.1) is 22.7 Å². The number of benzene rings is 1. The van der Waals surface area contributed by atoms with Crippen molar-refractivity contribution in [2.45, 2.75) is 72.2 Å². The van der Waals surface area contributed by atoms with Crippen LogP contribution in [0.2, 0.25) is 0 Å². The average molecular weight is 483 g/mol. The van der Waals surface area contributed by atoms with Crippen LogP contribution in [0.25, 0.3) is 0 Å². The zero-order valence-electron chi connectivity index (χ0n) is 20.8. The van der Waals surface area contributed by atoms with E-state index in [0.29, 0.717) is 17.5 Å². The molecule has 5 rings (SSSR count). The van der Waals surface area contributed by atoms with Crippen LogP contribution < -0.4 is 4.74 Å². The molecule has 1 aromatic rings. The van der Waals surface area contributed by atoms with Crippen molar-refractivity contribution in [1.29, 1.82) is 0 Å². The molecule has 6 atom stereocenters. The highest BCUT2D eigenvalue weighted by Crippen LogP contribution is 2.62. The van der Waals surface area contributed by atoms with Gasteiger partial charge in [0, 0.05) is 41.9 Å². The number of fused-ring (bicyclic) bond motifs is 6. The van der Waals surface area contributed by atoms with Crippen LogP contribution in [0.4, 0.5) is 0 Å². The van der Waals surface area contributed by atoms with Crippen LogP contribution in [0.1, 0.15) is 75.6 Å². The van der Waals surface area contributed by atoms with Gasteiger partial charge in [0.05, 0.1) is 0 Å². The zero-order chi connectivity index (χ0) is 25.7. The first kappa shape index (κ1) is 23.6. The quantitative estimate of drug-likeness (QED) is 0.604. The Morgan fingerprint density at radius 2 is 1.80 bits per heavy atom. The molecule has 1 fully saturated rings. The van der Waals surface area contributed by atoms with Crippen molar-refractivity contribution in [1.82, 2.24) is 0 Å². The Labute approximate surface area is 203 Å². The second-order valence-corrected chi connectivity index (χ2v) is 11.2. The number of esters is 2. The van der Waals surface area contributed by atoms with Crippen molar-refractivity contribution in [2.24, 2.45) is 22.7 Å². The van der Waals surface area contributed by atoms with Crippen molar-refractivity contribution < 1.29 is 38.5 Å². The number of aromatic hydroxyl groups is 1. The van der Waals surface area contributed by atoms with Crippen molar-refractivity contribution in [2.75, 3.05) is 0 Å². The summed E-state index contributed by atoms with van der Waals surface area (Å²) in [6, 6.07) is 1.34. The summed E-state index contributed by atoms with van der Waals surface area (Å²) in [6.07, 6.45) is 2.33. The maximum absolute atomic E-state index is 13.6. The van der Waals surface area contributed by atoms with Crippen molar-refractivity contribution in [3.63, 3.8) is 0 Å². The van der Waals surface area contributed by atoms with Gasteiger partial charge >= 0.3 is 11.9 Å². The molecule has 0 unspecified atom stereocenters. The Kier molecular flexibility index (Phi) is 4.84. The van der Waals surface area contributed by atoms with E-state index in [0.717, 1.165) is 0 Å². The highest BCUT2D eigenvalue weighted by Gasteiger charge is 2.65. The van der Waals surface area contributed by atoms with Crippen molar-refractivity contribution >= 4 is 23.5 Å². The van der Waals surface area contributed by atoms with Gasteiger partial charge in [0.15, 0.2) is 23.3 Å². The SMILES string of the molecule is CC(=O)O[C@@H]1c2c3c(cc(O)c2C(=O)O[C@@H]1C)O[C@@]1(C)C(=O)C[C@H]2C(C)(C)C(=O)C=C[C@]2(C)[C@@H]1C3. The summed E-state index contributed by atoms with van der Waals surface area (Å²) >= 11 is 0. The predicted molar refractivity (Wildman–Crippen MR) is 123 cm³/mol. The number of phenols is 1. The molecule has 0 amide bonds. The molecular weight excluding hydrogens is 452 g/mol. The number of hydrogen-bond donors (Lipinski definition) is 1. The molecule has 8 nitrogen and oxygen atoms in total. The number of cyclic esters (lactones) is 1. The number of allylic oxidation sites excluding steroid dienone is 2. The molecule has 8 heteroatoms. The smallest absolute Gasteiger partial charge is 0.342 e. The third-order valence-corrected chi connectivity index (χ3v) is 8.86. The first-order valence-corrected chi connectivity index (χ1v) is 11.9. The van der Waals surface area contributed by atoms with E-state index in [1.54, 1.807) is 19.9 Å². The number of ether oxygens (including phenoxy) is 3. The maximum Gasteiger partial charge on any atom is 0.342 e. The summed E-state index contributed by atoms with van der Waals surface area (Å²) in [6.45, 7) is 10.5. The molecule has 35 heavy (non-hydrogen) atoms. The molecule has 1 N–H and O–H groups in total. The van der Waals surface area contributed by atoms with E-state index in [4.69, 9.17) is 14.2 Å². The average Bonchev–Trinajstić information content (AvgIpc) is 2.75. The van der Waals surface area contributed by atoms with E-state index in [1.807, 2.05) is 19.9 Å². The molecule has 0 radical (unpaired) electrons. The van der Waals surface area contributed by atoms with Crippen LogP contribution in [0.15, 0.2) is 18.2 Å². The summed E-state index contributed by atoms with van der Waals surface area (Å²) in [5.41, 5.74) is -1.58. The van der Waals surface area contributed by atoms with Gasteiger partial charge < -0.3 is 19.3 Å². The van der Waals surface area contributed by atoms with E-state index in [2.05, 4.69) is 6.92 Å². The van der Waals surface area contributed by atoms with Gasteiger partial charge in [0.1, 0.15) is 23.2 Å². The van der Waals surface area contributed by atoms with E-state index in [9.17, 15) is 24.3 Å². The number of carbonyl (C=O) groups excluding carboxylic acids is 4. The fourth-order valence-corrected chi connectivity index (χ4v) is 6.91. The minimum atomic E-state index is -1.20. The second-order valence-electron chi connectivity index (χ2n) is 11.2. The standard InChI is InChI=1S/C27H30O8/c1-12-23(34-13(2)28)21-14-9-18-26(5)8-7-19(30)25(3,4)17(26)11-20(31)27(18,6)35-16(14)10-15(29)22(21)24(32)33-12/h7-8,10,12,17-18,23,29H,9,11H2,1-6H3/t12-,17+,18+,23+,26+,27-/m1/s1. The molecule has 0 bridgehead atoms. The number of hydrogen-bond acceptors (Lipinski definition) is 8. The summed E-state index contributed by atoms with van der Waals surface area (Å²) < 4.78 is 17.3. The Morgan fingerprint density at radius 1 is 1.11 bits per heavy atom. The third kappa shape index (κ3) is 3.04. The number of Topliss-reactive ketones (excluding diaryl/α,β-unsaturated/α-hetero) is 1. The van der Waals surface area contributed by atoms with Gasteiger partial charge in [0.25, 0.3) is 0 Å². The van der Waals surface area contributed by atoms with Crippen LogP contribution in [-0.2, 0) is 30.3 Å². The summed E-state index contributed by atoms with van der Waals surface area (Å²) in [7, 11) is 0. The fourth-order valence-electron chi connectivity index (χ4n) is 6.91. The number of phenolic OH excluding ortho intramolecular Hbond substituents is 1. The Balaban J connectivity index is 1.73. The lowest BCUT2D eigenvalue weighted by molar-refractivity contribution is -0.167. The van der Waals surface area contributed by atoms with Gasteiger partial charge in [0.2, 0.25) is 0 Å². The molecular formula is C27H30O8. The van der Waals surface area contributed by atoms with Gasteiger partial charge in [-0.1, -0.05) is 26.8 Å². The van der Waals surface area contributed by atoms with Gasteiger partial charge in [-0.3, -0.25) is 14.4 Å². The normalized spacial score (nSPS) is 36.7. The van der Waals surface area contributed by atoms with Gasteiger partial charge in [-0.2, -0.15) is 0 Å². The molecule has 0 aromatic heterocycles. The Bertz CT molecular complexity index is 1230. The predicted octanol–water partition coefficient (Wildman–Crippen LogP) is 3.63. The first-order valence-electron chi connectivity index (χ1n) is 11.9. The topological polar surface area (TPSA) is 116 Å². The number of ketones is 2. The molecule has 0 spiro atoms. The number of carbonyl (C=O) groups is 4. The van der Waals surface area contributed by atoms with Gasteiger partial charge in [-0.25, -0.2) is 4.79 Å². The lowest BCUT2D eigenvalue weighted by atomic mass is 9.46. The second kappa shape index (κ2) is 7.18. The molecule has 2 aliphatic carbocycles. The molecule has 186 valence electrons. The molecule has 0 saturated heterocycles. The van der Waals surface area contributed by atoms with Crippen LogP contribution >= 0.6 is 0 Å². The fraction of sp³-hybridized carbons (Fsp3) is 0.556. The Hall–Kier alpha value is -3.16. The highest BCUT2D eigenvalue weighted by molar-refractivity contribution is 5.99. The summed E-state index contributed by atoms with van der Waals surface area (Å²) in [4.78, 5) is 51.0. The number of rotatable bonds is 1. The molecule has 4 aliphatic rings. The monoisotopic (exact) mass is 482 g/mol. The lowest BCUT2D eigenvalue weighted by Crippen LogP contribution is -2.66. The van der Waals surface area contributed by atoms with Crippen molar-refractivity contribution in [3.8, 4) is 11.5 Å². The third-order valence-electron chi connectivity index (χ3n) is 8.86. The first-order chi connectivity index (χ1) is 16.2.